The molecule has 2 rings (SSSR count). The van der Waals surface area contributed by atoms with Crippen molar-refractivity contribution in [2.24, 2.45) is 10.7 Å². The summed E-state index contributed by atoms with van der Waals surface area (Å²) in [6.45, 7) is 1.21. The summed E-state index contributed by atoms with van der Waals surface area (Å²) in [6.07, 6.45) is -3.74. The van der Waals surface area contributed by atoms with Crippen LogP contribution < -0.4 is 5.73 Å². The zero-order valence-corrected chi connectivity index (χ0v) is 11.8. The molecule has 2 aliphatic heterocycles. The lowest BCUT2D eigenvalue weighted by atomic mass is 10.1. The Kier molecular flexibility index (Phi) is 3.85. The van der Waals surface area contributed by atoms with E-state index in [1.165, 1.54) is 0 Å². The van der Waals surface area contributed by atoms with Gasteiger partial charge in [0, 0.05) is 6.42 Å². The summed E-state index contributed by atoms with van der Waals surface area (Å²) in [5, 5.41) is 28.9. The maximum atomic E-state index is 11.8. The van der Waals surface area contributed by atoms with Gasteiger partial charge in [-0.3, -0.25) is 4.90 Å². The maximum Gasteiger partial charge on any atom is 0.349 e. The first-order valence-corrected chi connectivity index (χ1v) is 6.56. The van der Waals surface area contributed by atoms with Crippen molar-refractivity contribution < 1.29 is 24.9 Å². The summed E-state index contributed by atoms with van der Waals surface area (Å²) in [7, 11) is 0. The molecule has 0 aromatic carbocycles. The molecule has 108 valence electrons. The van der Waals surface area contributed by atoms with E-state index in [-0.39, 0.29) is 18.9 Å². The summed E-state index contributed by atoms with van der Waals surface area (Å²) in [5.74, 6) is -0.0292. The number of ether oxygens (including phenoxy) is 1. The fraction of sp³-hybridized carbons (Fsp3) is 0.800. The van der Waals surface area contributed by atoms with Gasteiger partial charge in [-0.25, -0.2) is 4.79 Å². The molecule has 0 aliphatic carbocycles. The van der Waals surface area contributed by atoms with Crippen LogP contribution >= 0.6 is 15.9 Å². The van der Waals surface area contributed by atoms with Crippen LogP contribution in [0.25, 0.3) is 0 Å². The van der Waals surface area contributed by atoms with Gasteiger partial charge in [-0.2, -0.15) is 4.99 Å². The molecule has 0 radical (unpaired) electrons. The lowest BCUT2D eigenvalue weighted by molar-refractivity contribution is -0.113. The third-order valence-corrected chi connectivity index (χ3v) is 4.20. The average Bonchev–Trinajstić information content (AvgIpc) is 2.68. The topological polar surface area (TPSA) is 129 Å². The van der Waals surface area contributed by atoms with Gasteiger partial charge in [0.05, 0.1) is 12.7 Å². The van der Waals surface area contributed by atoms with Crippen LogP contribution in [0.3, 0.4) is 0 Å². The molecule has 8 nitrogen and oxygen atoms in total. The van der Waals surface area contributed by atoms with E-state index in [0.29, 0.717) is 0 Å². The minimum atomic E-state index is -1.29. The molecular formula is C10H16BrN3O5. The number of halogens is 1. The second kappa shape index (κ2) is 4.98. The number of alkyl halides is 1. The van der Waals surface area contributed by atoms with E-state index in [4.69, 9.17) is 15.6 Å². The molecule has 9 heteroatoms. The molecule has 0 aromatic rings. The minimum absolute atomic E-state index is 0.0292. The van der Waals surface area contributed by atoms with Crippen LogP contribution in [0, 0.1) is 0 Å². The standard InChI is InChI=1S/C10H16BrN3O5/c1-10(11)7(12)13-9(18)14(8(10)17)6-2-4(16)5(3-15)19-6/h4-6,8,15-17H,2-3H2,1H3,(H2,12,13,18)/t4-,5+,6+,8?,10?/m0/s1. The Bertz CT molecular complexity index is 416. The van der Waals surface area contributed by atoms with Crippen molar-refractivity contribution in [3.8, 4) is 0 Å². The van der Waals surface area contributed by atoms with Gasteiger partial charge < -0.3 is 25.8 Å². The third-order valence-electron chi connectivity index (χ3n) is 3.38. The summed E-state index contributed by atoms with van der Waals surface area (Å²) in [5.41, 5.74) is 5.60. The molecule has 2 amide bonds. The van der Waals surface area contributed by atoms with Gasteiger partial charge in [0.15, 0.2) is 6.23 Å². The molecule has 1 fully saturated rings. The number of amides is 2. The van der Waals surface area contributed by atoms with Crippen molar-refractivity contribution >= 4 is 27.8 Å². The van der Waals surface area contributed by atoms with Crippen LogP contribution in [-0.2, 0) is 4.74 Å². The van der Waals surface area contributed by atoms with Crippen molar-refractivity contribution in [3.63, 3.8) is 0 Å². The number of amidine groups is 1. The number of rotatable bonds is 2. The number of carbonyl (C=O) groups is 1. The highest BCUT2D eigenvalue weighted by atomic mass is 79.9. The van der Waals surface area contributed by atoms with Crippen LogP contribution in [0.4, 0.5) is 4.79 Å². The molecule has 0 aromatic heterocycles. The van der Waals surface area contributed by atoms with Gasteiger partial charge in [-0.05, 0) is 6.92 Å². The molecular weight excluding hydrogens is 322 g/mol. The number of urea groups is 1. The molecule has 0 saturated carbocycles. The van der Waals surface area contributed by atoms with Gasteiger partial charge in [0.1, 0.15) is 22.5 Å². The number of nitrogens with zero attached hydrogens (tertiary/aromatic N) is 2. The van der Waals surface area contributed by atoms with Gasteiger partial charge >= 0.3 is 6.03 Å². The Balaban J connectivity index is 2.24. The number of aliphatic imine (C=N–C) groups is 1. The predicted molar refractivity (Wildman–Crippen MR) is 68.6 cm³/mol. The Morgan fingerprint density at radius 2 is 2.26 bits per heavy atom. The lowest BCUT2D eigenvalue weighted by Gasteiger charge is -2.41. The highest BCUT2D eigenvalue weighted by Gasteiger charge is 2.50. The van der Waals surface area contributed by atoms with E-state index in [1.54, 1.807) is 6.92 Å². The van der Waals surface area contributed by atoms with Crippen LogP contribution in [0.5, 0.6) is 0 Å². The first kappa shape index (κ1) is 14.7. The molecule has 2 unspecified atom stereocenters. The fourth-order valence-corrected chi connectivity index (χ4v) is 2.41. The van der Waals surface area contributed by atoms with Crippen LogP contribution in [-0.4, -0.2) is 67.7 Å². The third kappa shape index (κ3) is 2.36. The number of aliphatic hydroxyl groups excluding tert-OH is 3. The minimum Gasteiger partial charge on any atom is -0.394 e. The molecule has 2 heterocycles. The first-order valence-electron chi connectivity index (χ1n) is 5.77. The number of nitrogens with two attached hydrogens (primary N) is 1. The Hall–Kier alpha value is -0.740. The highest BCUT2D eigenvalue weighted by molar-refractivity contribution is 9.10. The Morgan fingerprint density at radius 1 is 1.63 bits per heavy atom. The highest BCUT2D eigenvalue weighted by Crippen LogP contribution is 2.34. The van der Waals surface area contributed by atoms with Crippen LogP contribution in [0.2, 0.25) is 0 Å². The van der Waals surface area contributed by atoms with E-state index in [0.717, 1.165) is 4.90 Å². The summed E-state index contributed by atoms with van der Waals surface area (Å²) in [6, 6.07) is -0.738. The SMILES string of the molecule is CC1(Br)C(N)=NC(=O)N([C@H]2C[C@H](O)[C@@H](CO)O2)C1O. The van der Waals surface area contributed by atoms with E-state index in [2.05, 4.69) is 20.9 Å². The van der Waals surface area contributed by atoms with Gasteiger partial charge in [-0.1, -0.05) is 15.9 Å². The second-order valence-electron chi connectivity index (χ2n) is 4.75. The number of hydrogen-bond donors (Lipinski definition) is 4. The zero-order chi connectivity index (χ0) is 14.4. The average molecular weight is 338 g/mol. The quantitative estimate of drug-likeness (QED) is 0.464. The summed E-state index contributed by atoms with van der Waals surface area (Å²) in [4.78, 5) is 16.5. The maximum absolute atomic E-state index is 11.8. The van der Waals surface area contributed by atoms with Gasteiger partial charge in [-0.15, -0.1) is 0 Å². The van der Waals surface area contributed by atoms with Crippen molar-refractivity contribution in [1.82, 2.24) is 4.90 Å². The van der Waals surface area contributed by atoms with Crippen molar-refractivity contribution in [3.05, 3.63) is 0 Å². The number of hydrogen-bond acceptors (Lipinski definition) is 6. The van der Waals surface area contributed by atoms with Crippen molar-refractivity contribution in [2.45, 2.75) is 42.3 Å². The number of aliphatic hydroxyl groups is 3. The smallest absolute Gasteiger partial charge is 0.349 e. The van der Waals surface area contributed by atoms with Crippen LogP contribution in [0.15, 0.2) is 4.99 Å². The van der Waals surface area contributed by atoms with Crippen molar-refractivity contribution in [2.75, 3.05) is 6.61 Å². The monoisotopic (exact) mass is 337 g/mol. The lowest BCUT2D eigenvalue weighted by Crippen LogP contribution is -2.62. The molecule has 0 spiro atoms. The summed E-state index contributed by atoms with van der Waals surface area (Å²) < 4.78 is 4.26. The normalized spacial score (nSPS) is 43.5. The molecule has 0 bridgehead atoms. The van der Waals surface area contributed by atoms with Crippen molar-refractivity contribution in [1.29, 1.82) is 0 Å². The van der Waals surface area contributed by atoms with E-state index in [1.807, 2.05) is 0 Å². The molecule has 1 saturated heterocycles. The molecule has 2 aliphatic rings. The van der Waals surface area contributed by atoms with E-state index >= 15 is 0 Å². The second-order valence-corrected chi connectivity index (χ2v) is 6.40. The molecule has 5 atom stereocenters. The Morgan fingerprint density at radius 3 is 2.79 bits per heavy atom. The van der Waals surface area contributed by atoms with Gasteiger partial charge in [0.25, 0.3) is 0 Å². The van der Waals surface area contributed by atoms with E-state index in [9.17, 15) is 15.0 Å². The van der Waals surface area contributed by atoms with Crippen LogP contribution in [0.1, 0.15) is 13.3 Å². The largest absolute Gasteiger partial charge is 0.394 e. The van der Waals surface area contributed by atoms with E-state index < -0.39 is 35.0 Å². The molecule has 19 heavy (non-hydrogen) atoms. The predicted octanol–water partition coefficient (Wildman–Crippen LogP) is -1.28. The first-order chi connectivity index (χ1) is 8.78. The zero-order valence-electron chi connectivity index (χ0n) is 10.2. The Labute approximate surface area is 118 Å². The summed E-state index contributed by atoms with van der Waals surface area (Å²) >= 11 is 3.22. The van der Waals surface area contributed by atoms with Gasteiger partial charge in [0.2, 0.25) is 0 Å². The number of carbonyl (C=O) groups excluding carboxylic acids is 1. The molecule has 5 N–H and O–H groups in total. The fourth-order valence-electron chi connectivity index (χ4n) is 2.10.